The molecule has 0 aliphatic carbocycles. The SMILES string of the molecule is Cc1ccc(NC(=O)c2cc(C)c(C)nc2N2CCCCC2)c(-c2ncn[nH]2)c1. The monoisotopic (exact) mass is 390 g/mol. The average molecular weight is 390 g/mol. The number of nitrogens with zero attached hydrogens (tertiary/aromatic N) is 4. The van der Waals surface area contributed by atoms with E-state index in [-0.39, 0.29) is 5.91 Å². The van der Waals surface area contributed by atoms with Crippen molar-refractivity contribution in [2.45, 2.75) is 40.0 Å². The lowest BCUT2D eigenvalue weighted by Crippen LogP contribution is -2.32. The van der Waals surface area contributed by atoms with Gasteiger partial charge in [-0.25, -0.2) is 9.97 Å². The van der Waals surface area contributed by atoms with Crippen molar-refractivity contribution in [2.75, 3.05) is 23.3 Å². The van der Waals surface area contributed by atoms with Crippen molar-refractivity contribution < 1.29 is 4.79 Å². The summed E-state index contributed by atoms with van der Waals surface area (Å²) in [6, 6.07) is 7.81. The van der Waals surface area contributed by atoms with E-state index in [1.54, 1.807) is 0 Å². The van der Waals surface area contributed by atoms with Crippen LogP contribution in [0.4, 0.5) is 11.5 Å². The number of pyridine rings is 1. The highest BCUT2D eigenvalue weighted by molar-refractivity contribution is 6.09. The molecule has 0 radical (unpaired) electrons. The number of carbonyl (C=O) groups excluding carboxylic acids is 1. The van der Waals surface area contributed by atoms with Gasteiger partial charge in [-0.3, -0.25) is 9.89 Å². The van der Waals surface area contributed by atoms with Crippen molar-refractivity contribution in [3.8, 4) is 11.4 Å². The van der Waals surface area contributed by atoms with Gasteiger partial charge in [0.2, 0.25) is 0 Å². The van der Waals surface area contributed by atoms with E-state index in [4.69, 9.17) is 4.98 Å². The maximum atomic E-state index is 13.3. The molecule has 1 aliphatic rings. The predicted octanol–water partition coefficient (Wildman–Crippen LogP) is 4.03. The van der Waals surface area contributed by atoms with Gasteiger partial charge >= 0.3 is 0 Å². The highest BCUT2D eigenvalue weighted by Gasteiger charge is 2.22. The number of rotatable bonds is 4. The molecule has 7 nitrogen and oxygen atoms in total. The smallest absolute Gasteiger partial charge is 0.259 e. The van der Waals surface area contributed by atoms with Gasteiger partial charge in [0.15, 0.2) is 5.82 Å². The molecule has 0 atom stereocenters. The summed E-state index contributed by atoms with van der Waals surface area (Å²) in [4.78, 5) is 24.6. The highest BCUT2D eigenvalue weighted by atomic mass is 16.1. The van der Waals surface area contributed by atoms with Gasteiger partial charge in [-0.2, -0.15) is 5.10 Å². The third-order valence-corrected chi connectivity index (χ3v) is 5.44. The first-order chi connectivity index (χ1) is 14.0. The third kappa shape index (κ3) is 3.99. The van der Waals surface area contributed by atoms with Crippen LogP contribution in [-0.4, -0.2) is 39.2 Å². The molecule has 0 unspecified atom stereocenters. The van der Waals surface area contributed by atoms with E-state index in [1.807, 2.05) is 45.0 Å². The Bertz CT molecular complexity index is 1020. The van der Waals surface area contributed by atoms with E-state index < -0.39 is 0 Å². The minimum absolute atomic E-state index is 0.161. The zero-order valence-electron chi connectivity index (χ0n) is 17.1. The highest BCUT2D eigenvalue weighted by Crippen LogP contribution is 2.29. The van der Waals surface area contributed by atoms with Crippen LogP contribution in [-0.2, 0) is 0 Å². The summed E-state index contributed by atoms with van der Waals surface area (Å²) in [5.74, 6) is 1.24. The molecule has 29 heavy (non-hydrogen) atoms. The lowest BCUT2D eigenvalue weighted by molar-refractivity contribution is 0.102. The Kier molecular flexibility index (Phi) is 5.29. The quantitative estimate of drug-likeness (QED) is 0.702. The number of amides is 1. The molecule has 1 aromatic carbocycles. The maximum absolute atomic E-state index is 13.3. The minimum Gasteiger partial charge on any atom is -0.356 e. The summed E-state index contributed by atoms with van der Waals surface area (Å²) >= 11 is 0. The van der Waals surface area contributed by atoms with E-state index in [0.29, 0.717) is 17.1 Å². The molecule has 0 saturated carbocycles. The number of hydrogen-bond acceptors (Lipinski definition) is 5. The number of piperidine rings is 1. The zero-order chi connectivity index (χ0) is 20.4. The molecule has 3 aromatic rings. The minimum atomic E-state index is -0.161. The molecule has 1 aliphatic heterocycles. The van der Waals surface area contributed by atoms with Gasteiger partial charge < -0.3 is 10.2 Å². The summed E-state index contributed by atoms with van der Waals surface area (Å²) in [6.45, 7) is 7.86. The van der Waals surface area contributed by atoms with E-state index >= 15 is 0 Å². The van der Waals surface area contributed by atoms with E-state index in [9.17, 15) is 4.79 Å². The van der Waals surface area contributed by atoms with E-state index in [2.05, 4.69) is 25.4 Å². The number of aryl methyl sites for hydroxylation is 3. The molecule has 4 rings (SSSR count). The zero-order valence-corrected chi connectivity index (χ0v) is 17.1. The Balaban J connectivity index is 1.70. The Hall–Kier alpha value is -3.22. The second-order valence-corrected chi connectivity index (χ2v) is 7.65. The molecule has 1 saturated heterocycles. The van der Waals surface area contributed by atoms with Crippen molar-refractivity contribution in [3.05, 3.63) is 53.0 Å². The van der Waals surface area contributed by atoms with Gasteiger partial charge in [-0.1, -0.05) is 11.6 Å². The Morgan fingerprint density at radius 1 is 1.10 bits per heavy atom. The molecule has 0 spiro atoms. The van der Waals surface area contributed by atoms with Crippen LogP contribution in [0.5, 0.6) is 0 Å². The number of aromatic nitrogens is 4. The van der Waals surface area contributed by atoms with E-state index in [0.717, 1.165) is 54.1 Å². The Morgan fingerprint density at radius 2 is 1.90 bits per heavy atom. The number of carbonyl (C=O) groups is 1. The van der Waals surface area contributed by atoms with Crippen molar-refractivity contribution in [3.63, 3.8) is 0 Å². The summed E-state index contributed by atoms with van der Waals surface area (Å²) in [6.07, 6.45) is 4.95. The topological polar surface area (TPSA) is 86.8 Å². The van der Waals surface area contributed by atoms with Crippen LogP contribution < -0.4 is 10.2 Å². The number of anilines is 2. The molecule has 2 N–H and O–H groups in total. The molecule has 1 fully saturated rings. The average Bonchev–Trinajstić information content (AvgIpc) is 3.26. The normalized spacial score (nSPS) is 14.1. The van der Waals surface area contributed by atoms with Crippen LogP contribution in [0.25, 0.3) is 11.4 Å². The lowest BCUT2D eigenvalue weighted by Gasteiger charge is -2.29. The number of nitrogens with one attached hydrogen (secondary N) is 2. The lowest BCUT2D eigenvalue weighted by atomic mass is 10.1. The van der Waals surface area contributed by atoms with Crippen LogP contribution in [0.15, 0.2) is 30.6 Å². The summed E-state index contributed by atoms with van der Waals surface area (Å²) in [5, 5.41) is 9.89. The number of H-pyrrole nitrogens is 1. The van der Waals surface area contributed by atoms with Gasteiger partial charge in [-0.15, -0.1) is 0 Å². The molecular formula is C22H26N6O. The number of aromatic amines is 1. The Labute approximate surface area is 170 Å². The summed E-state index contributed by atoms with van der Waals surface area (Å²) in [7, 11) is 0. The number of benzene rings is 1. The summed E-state index contributed by atoms with van der Waals surface area (Å²) in [5.41, 5.74) is 5.16. The molecule has 0 bridgehead atoms. The number of hydrogen-bond donors (Lipinski definition) is 2. The first-order valence-corrected chi connectivity index (χ1v) is 10.0. The standard InChI is InChI=1S/C22H26N6O/c1-14-7-8-19(17(11-14)20-23-13-24-27-20)26-22(29)18-12-15(2)16(3)25-21(18)28-9-5-4-6-10-28/h7-8,11-13H,4-6,9-10H2,1-3H3,(H,26,29)(H,23,24,27). The first-order valence-electron chi connectivity index (χ1n) is 10.0. The Morgan fingerprint density at radius 3 is 2.62 bits per heavy atom. The fourth-order valence-corrected chi connectivity index (χ4v) is 3.69. The molecule has 3 heterocycles. The molecule has 1 amide bonds. The molecule has 150 valence electrons. The fraction of sp³-hybridized carbons (Fsp3) is 0.364. The van der Waals surface area contributed by atoms with Crippen molar-refractivity contribution in [2.24, 2.45) is 0 Å². The van der Waals surface area contributed by atoms with Gasteiger partial charge in [0.1, 0.15) is 12.1 Å². The molecule has 2 aromatic heterocycles. The van der Waals surface area contributed by atoms with Crippen LogP contribution in [0.1, 0.15) is 46.4 Å². The third-order valence-electron chi connectivity index (χ3n) is 5.44. The van der Waals surface area contributed by atoms with Gasteiger partial charge in [0.05, 0.1) is 11.3 Å². The van der Waals surface area contributed by atoms with Crippen LogP contribution >= 0.6 is 0 Å². The predicted molar refractivity (Wildman–Crippen MR) is 114 cm³/mol. The van der Waals surface area contributed by atoms with Crippen LogP contribution in [0, 0.1) is 20.8 Å². The molecule has 7 heteroatoms. The van der Waals surface area contributed by atoms with Crippen LogP contribution in [0.2, 0.25) is 0 Å². The van der Waals surface area contributed by atoms with Crippen molar-refractivity contribution >= 4 is 17.4 Å². The van der Waals surface area contributed by atoms with Gasteiger partial charge in [0, 0.05) is 24.3 Å². The second-order valence-electron chi connectivity index (χ2n) is 7.65. The first kappa shape index (κ1) is 19.1. The van der Waals surface area contributed by atoms with Crippen molar-refractivity contribution in [1.82, 2.24) is 20.2 Å². The second kappa shape index (κ2) is 8.03. The van der Waals surface area contributed by atoms with E-state index in [1.165, 1.54) is 12.7 Å². The van der Waals surface area contributed by atoms with Gasteiger partial charge in [0.25, 0.3) is 5.91 Å². The fourth-order valence-electron chi connectivity index (χ4n) is 3.69. The van der Waals surface area contributed by atoms with Crippen LogP contribution in [0.3, 0.4) is 0 Å². The maximum Gasteiger partial charge on any atom is 0.259 e. The van der Waals surface area contributed by atoms with Crippen molar-refractivity contribution in [1.29, 1.82) is 0 Å². The summed E-state index contributed by atoms with van der Waals surface area (Å²) < 4.78 is 0. The molecular weight excluding hydrogens is 364 g/mol. The van der Waals surface area contributed by atoms with Gasteiger partial charge in [-0.05, 0) is 63.8 Å². The largest absolute Gasteiger partial charge is 0.356 e.